The monoisotopic (exact) mass is 340 g/mol. The molecular weight excluding hydrogens is 320 g/mol. The van der Waals surface area contributed by atoms with Crippen LogP contribution in [0, 0.1) is 6.92 Å². The van der Waals surface area contributed by atoms with Gasteiger partial charge < -0.3 is 9.32 Å². The van der Waals surface area contributed by atoms with E-state index >= 15 is 0 Å². The van der Waals surface area contributed by atoms with Gasteiger partial charge in [-0.1, -0.05) is 0 Å². The first-order valence-corrected chi connectivity index (χ1v) is 8.10. The van der Waals surface area contributed by atoms with Crippen molar-refractivity contribution in [1.29, 1.82) is 0 Å². The highest BCUT2D eigenvalue weighted by Crippen LogP contribution is 2.30. The Morgan fingerprint density at radius 2 is 2.12 bits per heavy atom. The Morgan fingerprint density at radius 3 is 2.80 bits per heavy atom. The lowest BCUT2D eigenvalue weighted by atomic mass is 9.93. The first-order valence-electron chi connectivity index (χ1n) is 8.10. The summed E-state index contributed by atoms with van der Waals surface area (Å²) in [5.74, 6) is 0.593. The molecule has 130 valence electrons. The van der Waals surface area contributed by atoms with Crippen molar-refractivity contribution in [3.8, 4) is 0 Å². The van der Waals surface area contributed by atoms with E-state index in [-0.39, 0.29) is 11.8 Å². The van der Waals surface area contributed by atoms with Gasteiger partial charge >= 0.3 is 0 Å². The molecule has 0 atom stereocenters. The molecule has 0 spiro atoms. The Labute approximate surface area is 145 Å². The lowest BCUT2D eigenvalue weighted by Gasteiger charge is -2.13. The van der Waals surface area contributed by atoms with Crippen LogP contribution in [0.4, 0.5) is 0 Å². The maximum absolute atomic E-state index is 12.3. The standard InChI is InChI=1S/C18H20N4O3/c1-11-15-13(20-21-17(23)12-6-5-9-19-10-12)7-4-8-14(15)25-16(11)18(24)22(2)3/h5-6,9-10H,4,7-8H2,1-3H3,(H,21,23)/b20-13+. The molecule has 1 aliphatic rings. The summed E-state index contributed by atoms with van der Waals surface area (Å²) >= 11 is 0. The summed E-state index contributed by atoms with van der Waals surface area (Å²) in [5.41, 5.74) is 5.35. The van der Waals surface area contributed by atoms with E-state index in [9.17, 15) is 9.59 Å². The van der Waals surface area contributed by atoms with E-state index < -0.39 is 0 Å². The third-order valence-electron chi connectivity index (χ3n) is 4.14. The van der Waals surface area contributed by atoms with Crippen LogP contribution >= 0.6 is 0 Å². The van der Waals surface area contributed by atoms with Gasteiger partial charge in [-0.05, 0) is 31.9 Å². The van der Waals surface area contributed by atoms with Gasteiger partial charge in [0.1, 0.15) is 5.76 Å². The second-order valence-electron chi connectivity index (χ2n) is 6.15. The molecule has 2 heterocycles. The number of rotatable bonds is 3. The van der Waals surface area contributed by atoms with Crippen LogP contribution in [-0.4, -0.2) is 41.5 Å². The number of nitrogens with one attached hydrogen (secondary N) is 1. The third kappa shape index (κ3) is 3.31. The van der Waals surface area contributed by atoms with Gasteiger partial charge in [-0.15, -0.1) is 0 Å². The van der Waals surface area contributed by atoms with Gasteiger partial charge in [0, 0.05) is 44.0 Å². The predicted octanol–water partition coefficient (Wildman–Crippen LogP) is 2.16. The van der Waals surface area contributed by atoms with Crippen molar-refractivity contribution in [3.05, 3.63) is 52.7 Å². The molecular formula is C18H20N4O3. The average Bonchev–Trinajstić information content (AvgIpc) is 2.97. The van der Waals surface area contributed by atoms with Crippen molar-refractivity contribution in [1.82, 2.24) is 15.3 Å². The summed E-state index contributed by atoms with van der Waals surface area (Å²) in [7, 11) is 3.37. The molecule has 2 aromatic rings. The summed E-state index contributed by atoms with van der Waals surface area (Å²) < 4.78 is 5.79. The highest BCUT2D eigenvalue weighted by Gasteiger charge is 2.28. The molecule has 0 aromatic carbocycles. The zero-order valence-corrected chi connectivity index (χ0v) is 14.5. The predicted molar refractivity (Wildman–Crippen MR) is 92.6 cm³/mol. The quantitative estimate of drug-likeness (QED) is 0.867. The van der Waals surface area contributed by atoms with Crippen molar-refractivity contribution in [2.45, 2.75) is 26.2 Å². The number of pyridine rings is 1. The molecule has 0 saturated carbocycles. The summed E-state index contributed by atoms with van der Waals surface area (Å²) in [6, 6.07) is 3.37. The van der Waals surface area contributed by atoms with Crippen LogP contribution < -0.4 is 5.43 Å². The van der Waals surface area contributed by atoms with Crippen LogP contribution in [0.1, 0.15) is 50.6 Å². The highest BCUT2D eigenvalue weighted by molar-refractivity contribution is 6.07. The summed E-state index contributed by atoms with van der Waals surface area (Å²) in [5, 5.41) is 4.28. The average molecular weight is 340 g/mol. The summed E-state index contributed by atoms with van der Waals surface area (Å²) in [6.45, 7) is 1.85. The number of amides is 2. The zero-order chi connectivity index (χ0) is 18.0. The van der Waals surface area contributed by atoms with Crippen LogP contribution in [-0.2, 0) is 6.42 Å². The number of hydrogen-bond donors (Lipinski definition) is 1. The van der Waals surface area contributed by atoms with Crippen molar-refractivity contribution < 1.29 is 14.0 Å². The molecule has 0 radical (unpaired) electrons. The topological polar surface area (TPSA) is 87.8 Å². The first kappa shape index (κ1) is 16.9. The van der Waals surface area contributed by atoms with E-state index in [0.717, 1.165) is 41.9 Å². The van der Waals surface area contributed by atoms with E-state index in [1.807, 2.05) is 6.92 Å². The fourth-order valence-electron chi connectivity index (χ4n) is 2.87. The minimum absolute atomic E-state index is 0.175. The van der Waals surface area contributed by atoms with Crippen molar-refractivity contribution in [3.63, 3.8) is 0 Å². The number of carbonyl (C=O) groups is 2. The number of fused-ring (bicyclic) bond motifs is 1. The summed E-state index contributed by atoms with van der Waals surface area (Å²) in [4.78, 5) is 29.8. The molecule has 0 bridgehead atoms. The smallest absolute Gasteiger partial charge is 0.289 e. The van der Waals surface area contributed by atoms with Crippen LogP contribution in [0.2, 0.25) is 0 Å². The normalized spacial score (nSPS) is 14.9. The van der Waals surface area contributed by atoms with E-state index in [4.69, 9.17) is 4.42 Å². The molecule has 1 N–H and O–H groups in total. The van der Waals surface area contributed by atoms with Gasteiger partial charge in [0.25, 0.3) is 11.8 Å². The number of aryl methyl sites for hydroxylation is 1. The largest absolute Gasteiger partial charge is 0.455 e. The Kier molecular flexibility index (Phi) is 4.65. The Bertz CT molecular complexity index is 838. The molecule has 25 heavy (non-hydrogen) atoms. The molecule has 0 unspecified atom stereocenters. The minimum atomic E-state index is -0.321. The fourth-order valence-corrected chi connectivity index (χ4v) is 2.87. The van der Waals surface area contributed by atoms with E-state index in [2.05, 4.69) is 15.5 Å². The Morgan fingerprint density at radius 1 is 1.32 bits per heavy atom. The number of hydrogen-bond acceptors (Lipinski definition) is 5. The number of carbonyl (C=O) groups excluding carboxylic acids is 2. The van der Waals surface area contributed by atoms with Crippen LogP contribution in [0.3, 0.4) is 0 Å². The SMILES string of the molecule is Cc1c(C(=O)N(C)C)oc2c1/C(=N/NC(=O)c1cccnc1)CCC2. The Hall–Kier alpha value is -2.96. The molecule has 1 aliphatic carbocycles. The maximum atomic E-state index is 12.3. The number of nitrogens with zero attached hydrogens (tertiary/aromatic N) is 3. The number of furan rings is 1. The summed E-state index contributed by atoms with van der Waals surface area (Å²) in [6.07, 6.45) is 5.42. The molecule has 2 amide bonds. The molecule has 0 saturated heterocycles. The van der Waals surface area contributed by atoms with Crippen molar-refractivity contribution in [2.75, 3.05) is 14.1 Å². The molecule has 2 aromatic heterocycles. The second-order valence-corrected chi connectivity index (χ2v) is 6.15. The van der Waals surface area contributed by atoms with Crippen LogP contribution in [0.25, 0.3) is 0 Å². The lowest BCUT2D eigenvalue weighted by molar-refractivity contribution is 0.0793. The van der Waals surface area contributed by atoms with Gasteiger partial charge in [0.15, 0.2) is 5.76 Å². The van der Waals surface area contributed by atoms with E-state index in [1.54, 1.807) is 32.4 Å². The molecule has 7 heteroatoms. The third-order valence-corrected chi connectivity index (χ3v) is 4.14. The molecule has 0 aliphatic heterocycles. The van der Waals surface area contributed by atoms with E-state index in [0.29, 0.717) is 11.3 Å². The van der Waals surface area contributed by atoms with Crippen molar-refractivity contribution >= 4 is 17.5 Å². The first-order chi connectivity index (χ1) is 12.0. The van der Waals surface area contributed by atoms with Gasteiger partial charge in [-0.3, -0.25) is 14.6 Å². The maximum Gasteiger partial charge on any atom is 0.289 e. The molecule has 0 fully saturated rings. The van der Waals surface area contributed by atoms with E-state index in [1.165, 1.54) is 11.1 Å². The lowest BCUT2D eigenvalue weighted by Crippen LogP contribution is -2.23. The van der Waals surface area contributed by atoms with Gasteiger partial charge in [0.2, 0.25) is 0 Å². The highest BCUT2D eigenvalue weighted by atomic mass is 16.4. The minimum Gasteiger partial charge on any atom is -0.455 e. The van der Waals surface area contributed by atoms with Gasteiger partial charge in [-0.2, -0.15) is 5.10 Å². The van der Waals surface area contributed by atoms with Crippen LogP contribution in [0.15, 0.2) is 34.0 Å². The number of aromatic nitrogens is 1. The fraction of sp³-hybridized carbons (Fsp3) is 0.333. The zero-order valence-electron chi connectivity index (χ0n) is 14.5. The second kappa shape index (κ2) is 6.88. The van der Waals surface area contributed by atoms with Gasteiger partial charge in [-0.25, -0.2) is 5.43 Å². The molecule has 7 nitrogen and oxygen atoms in total. The van der Waals surface area contributed by atoms with Gasteiger partial charge in [0.05, 0.1) is 11.3 Å². The van der Waals surface area contributed by atoms with Crippen molar-refractivity contribution in [2.24, 2.45) is 5.10 Å². The number of hydrazone groups is 1. The van der Waals surface area contributed by atoms with Crippen LogP contribution in [0.5, 0.6) is 0 Å². The molecule has 3 rings (SSSR count). The Balaban J connectivity index is 1.89.